The molecule has 1 heterocycles. The van der Waals surface area contributed by atoms with Crippen molar-refractivity contribution in [2.24, 2.45) is 5.73 Å². The Balaban J connectivity index is 1.63. The van der Waals surface area contributed by atoms with Gasteiger partial charge in [-0.3, -0.25) is 9.59 Å². The lowest BCUT2D eigenvalue weighted by molar-refractivity contribution is -0.128. The van der Waals surface area contributed by atoms with Crippen LogP contribution in [0.5, 0.6) is 0 Å². The maximum atomic E-state index is 13.0. The van der Waals surface area contributed by atoms with Crippen LogP contribution < -0.4 is 11.1 Å². The number of halogens is 1. The Morgan fingerprint density at radius 3 is 2.74 bits per heavy atom. The molecule has 4 N–H and O–H groups in total. The van der Waals surface area contributed by atoms with Crippen LogP contribution in [-0.4, -0.2) is 30.0 Å². The molecule has 0 spiro atoms. The summed E-state index contributed by atoms with van der Waals surface area (Å²) in [4.78, 5) is 25.8. The molecular formula is C20H20FN3O3. The molecule has 3 rings (SSSR count). The van der Waals surface area contributed by atoms with E-state index in [0.29, 0.717) is 31.6 Å². The third kappa shape index (κ3) is 4.92. The second-order valence-corrected chi connectivity index (χ2v) is 6.24. The van der Waals surface area contributed by atoms with Crippen LogP contribution >= 0.6 is 0 Å². The van der Waals surface area contributed by atoms with Gasteiger partial charge in [-0.05, 0) is 48.4 Å². The third-order valence-corrected chi connectivity index (χ3v) is 4.21. The standard InChI is InChI=1S/C20H20FN3O3/c21-15-3-1-13(2-4-15)9-18(22)20(26)24-16-5-6-19-14(10-16)11-17(23-19)7-8-27-12-25/h1-6,10-12,18,23H,7-9,22H2,(H,24,26). The molecule has 140 valence electrons. The zero-order chi connectivity index (χ0) is 19.2. The van der Waals surface area contributed by atoms with E-state index in [4.69, 9.17) is 10.5 Å². The van der Waals surface area contributed by atoms with Gasteiger partial charge in [0.2, 0.25) is 5.91 Å². The summed E-state index contributed by atoms with van der Waals surface area (Å²) in [5, 5.41) is 3.74. The lowest BCUT2D eigenvalue weighted by atomic mass is 10.1. The van der Waals surface area contributed by atoms with Crippen molar-refractivity contribution >= 4 is 29.0 Å². The van der Waals surface area contributed by atoms with E-state index in [1.54, 1.807) is 18.2 Å². The van der Waals surface area contributed by atoms with Crippen molar-refractivity contribution in [3.05, 3.63) is 65.6 Å². The summed E-state index contributed by atoms with van der Waals surface area (Å²) in [6.45, 7) is 0.726. The average Bonchev–Trinajstić information content (AvgIpc) is 3.05. The van der Waals surface area contributed by atoms with Gasteiger partial charge >= 0.3 is 0 Å². The molecule has 1 unspecified atom stereocenters. The molecule has 1 atom stereocenters. The van der Waals surface area contributed by atoms with Gasteiger partial charge in [-0.15, -0.1) is 0 Å². The first kappa shape index (κ1) is 18.6. The molecular weight excluding hydrogens is 349 g/mol. The Morgan fingerprint density at radius 2 is 2.00 bits per heavy atom. The van der Waals surface area contributed by atoms with Gasteiger partial charge in [-0.1, -0.05) is 12.1 Å². The van der Waals surface area contributed by atoms with Crippen molar-refractivity contribution in [2.45, 2.75) is 18.9 Å². The molecule has 1 aromatic heterocycles. The fourth-order valence-corrected chi connectivity index (χ4v) is 2.82. The largest absolute Gasteiger partial charge is 0.467 e. The lowest BCUT2D eigenvalue weighted by Gasteiger charge is -2.12. The van der Waals surface area contributed by atoms with Crippen molar-refractivity contribution < 1.29 is 18.7 Å². The first-order chi connectivity index (χ1) is 13.0. The fourth-order valence-electron chi connectivity index (χ4n) is 2.82. The lowest BCUT2D eigenvalue weighted by Crippen LogP contribution is -2.37. The summed E-state index contributed by atoms with van der Waals surface area (Å²) in [5.41, 5.74) is 9.25. The Bertz CT molecular complexity index is 937. The molecule has 0 radical (unpaired) electrons. The predicted molar refractivity (Wildman–Crippen MR) is 101 cm³/mol. The van der Waals surface area contributed by atoms with Gasteiger partial charge < -0.3 is 20.8 Å². The zero-order valence-corrected chi connectivity index (χ0v) is 14.6. The van der Waals surface area contributed by atoms with Crippen LogP contribution in [0.3, 0.4) is 0 Å². The van der Waals surface area contributed by atoms with Crippen molar-refractivity contribution in [1.82, 2.24) is 4.98 Å². The molecule has 0 aliphatic heterocycles. The maximum Gasteiger partial charge on any atom is 0.293 e. The number of H-pyrrole nitrogens is 1. The van der Waals surface area contributed by atoms with Crippen LogP contribution in [0.15, 0.2) is 48.5 Å². The van der Waals surface area contributed by atoms with E-state index < -0.39 is 6.04 Å². The normalized spacial score (nSPS) is 11.9. The molecule has 1 amide bonds. The summed E-state index contributed by atoms with van der Waals surface area (Å²) in [5.74, 6) is -0.637. The molecule has 6 nitrogen and oxygen atoms in total. The zero-order valence-electron chi connectivity index (χ0n) is 14.6. The Hall–Kier alpha value is -3.19. The van der Waals surface area contributed by atoms with Crippen LogP contribution in [0.25, 0.3) is 10.9 Å². The number of hydrogen-bond acceptors (Lipinski definition) is 4. The Labute approximate surface area is 155 Å². The predicted octanol–water partition coefficient (Wildman–Crippen LogP) is 2.53. The number of rotatable bonds is 8. The Morgan fingerprint density at radius 1 is 1.22 bits per heavy atom. The van der Waals surface area contributed by atoms with Gasteiger partial charge in [-0.25, -0.2) is 4.39 Å². The molecule has 0 aliphatic carbocycles. The van der Waals surface area contributed by atoms with Crippen molar-refractivity contribution in [1.29, 1.82) is 0 Å². The number of anilines is 1. The molecule has 27 heavy (non-hydrogen) atoms. The van der Waals surface area contributed by atoms with Gasteiger partial charge in [-0.2, -0.15) is 0 Å². The molecule has 0 saturated heterocycles. The summed E-state index contributed by atoms with van der Waals surface area (Å²) in [6, 6.07) is 12.6. The van der Waals surface area contributed by atoms with E-state index in [1.165, 1.54) is 12.1 Å². The van der Waals surface area contributed by atoms with Crippen molar-refractivity contribution in [2.75, 3.05) is 11.9 Å². The molecule has 0 aliphatic rings. The maximum absolute atomic E-state index is 13.0. The topological polar surface area (TPSA) is 97.2 Å². The van der Waals surface area contributed by atoms with Crippen molar-refractivity contribution in [3.63, 3.8) is 0 Å². The molecule has 0 bridgehead atoms. The second kappa shape index (κ2) is 8.46. The number of amides is 1. The molecule has 7 heteroatoms. The van der Waals surface area contributed by atoms with Crippen LogP contribution in [-0.2, 0) is 27.2 Å². The van der Waals surface area contributed by atoms with Gasteiger partial charge in [0.1, 0.15) is 5.82 Å². The van der Waals surface area contributed by atoms with Crippen LogP contribution in [0.1, 0.15) is 11.3 Å². The highest BCUT2D eigenvalue weighted by molar-refractivity contribution is 5.97. The number of ether oxygens (including phenoxy) is 1. The number of hydrogen-bond donors (Lipinski definition) is 3. The van der Waals surface area contributed by atoms with E-state index >= 15 is 0 Å². The van der Waals surface area contributed by atoms with E-state index in [9.17, 15) is 14.0 Å². The first-order valence-corrected chi connectivity index (χ1v) is 8.53. The molecule has 0 saturated carbocycles. The minimum absolute atomic E-state index is 0.304. The fraction of sp³-hybridized carbons (Fsp3) is 0.200. The number of carbonyl (C=O) groups is 2. The number of nitrogens with two attached hydrogens (primary N) is 1. The second-order valence-electron chi connectivity index (χ2n) is 6.24. The number of benzene rings is 2. The van der Waals surface area contributed by atoms with E-state index in [2.05, 4.69) is 10.3 Å². The minimum Gasteiger partial charge on any atom is -0.467 e. The van der Waals surface area contributed by atoms with Gasteiger partial charge in [0.15, 0.2) is 0 Å². The van der Waals surface area contributed by atoms with Crippen molar-refractivity contribution in [3.8, 4) is 0 Å². The third-order valence-electron chi connectivity index (χ3n) is 4.21. The average molecular weight is 369 g/mol. The quantitative estimate of drug-likeness (QED) is 0.420. The van der Waals surface area contributed by atoms with Gasteiger partial charge in [0.25, 0.3) is 6.47 Å². The first-order valence-electron chi connectivity index (χ1n) is 8.53. The van der Waals surface area contributed by atoms with Gasteiger partial charge in [0.05, 0.1) is 12.6 Å². The number of aromatic nitrogens is 1. The van der Waals surface area contributed by atoms with Crippen LogP contribution in [0.4, 0.5) is 10.1 Å². The number of aromatic amines is 1. The molecule has 0 fully saturated rings. The highest BCUT2D eigenvalue weighted by atomic mass is 19.1. The molecule has 3 aromatic rings. The summed E-state index contributed by atoms with van der Waals surface area (Å²) < 4.78 is 17.7. The smallest absolute Gasteiger partial charge is 0.293 e. The SMILES string of the molecule is NC(Cc1ccc(F)cc1)C(=O)Nc1ccc2[nH]c(CCOC=O)cc2c1. The Kier molecular flexibility index (Phi) is 5.83. The monoisotopic (exact) mass is 369 g/mol. The van der Waals surface area contributed by atoms with E-state index in [-0.39, 0.29) is 11.7 Å². The van der Waals surface area contributed by atoms with Crippen LogP contribution in [0, 0.1) is 5.82 Å². The van der Waals surface area contributed by atoms with Gasteiger partial charge in [0, 0.05) is 28.7 Å². The van der Waals surface area contributed by atoms with E-state index in [1.807, 2.05) is 18.2 Å². The summed E-state index contributed by atoms with van der Waals surface area (Å²) in [6.07, 6.45) is 0.900. The number of fused-ring (bicyclic) bond motifs is 1. The minimum atomic E-state index is -0.742. The highest BCUT2D eigenvalue weighted by Crippen LogP contribution is 2.21. The number of carbonyl (C=O) groups excluding carboxylic acids is 2. The van der Waals surface area contributed by atoms with Crippen LogP contribution in [0.2, 0.25) is 0 Å². The summed E-state index contributed by atoms with van der Waals surface area (Å²) >= 11 is 0. The molecule has 2 aromatic carbocycles. The highest BCUT2D eigenvalue weighted by Gasteiger charge is 2.15. The number of nitrogens with one attached hydrogen (secondary N) is 2. The summed E-state index contributed by atoms with van der Waals surface area (Å²) in [7, 11) is 0. The van der Waals surface area contributed by atoms with E-state index in [0.717, 1.165) is 22.2 Å².